The van der Waals surface area contributed by atoms with E-state index in [4.69, 9.17) is 11.6 Å². The first-order chi connectivity index (χ1) is 7.74. The topological polar surface area (TPSA) is 20.2 Å². The number of rotatable bonds is 2. The number of hydrogen-bond acceptors (Lipinski definition) is 1. The summed E-state index contributed by atoms with van der Waals surface area (Å²) in [5, 5.41) is 10.0. The van der Waals surface area contributed by atoms with Crippen molar-refractivity contribution in [1.29, 1.82) is 0 Å². The van der Waals surface area contributed by atoms with Gasteiger partial charge in [-0.2, -0.15) is 0 Å². The van der Waals surface area contributed by atoms with E-state index in [-0.39, 0.29) is 5.75 Å². The summed E-state index contributed by atoms with van der Waals surface area (Å²) in [5.74, 6) is 0.276. The molecular formula is C14H11ClO. The molecule has 2 heteroatoms. The van der Waals surface area contributed by atoms with E-state index in [0.29, 0.717) is 0 Å². The monoisotopic (exact) mass is 230 g/mol. The molecule has 1 nitrogen and oxygen atoms in total. The van der Waals surface area contributed by atoms with Gasteiger partial charge < -0.3 is 5.11 Å². The molecule has 80 valence electrons. The maximum Gasteiger partial charge on any atom is 0.116 e. The molecule has 0 aliphatic rings. The highest BCUT2D eigenvalue weighted by molar-refractivity contribution is 6.30. The first-order valence-electron chi connectivity index (χ1n) is 4.97. The molecule has 1 N–H and O–H groups in total. The van der Waals surface area contributed by atoms with Gasteiger partial charge in [-0.15, -0.1) is 0 Å². The smallest absolute Gasteiger partial charge is 0.116 e. The predicted molar refractivity (Wildman–Crippen MR) is 68.5 cm³/mol. The van der Waals surface area contributed by atoms with E-state index in [0.717, 1.165) is 16.1 Å². The lowest BCUT2D eigenvalue weighted by molar-refractivity contribution is 0.475. The van der Waals surface area contributed by atoms with E-state index in [9.17, 15) is 5.11 Å². The van der Waals surface area contributed by atoms with Crippen LogP contribution in [0.3, 0.4) is 0 Å². The van der Waals surface area contributed by atoms with Gasteiger partial charge >= 0.3 is 0 Å². The van der Waals surface area contributed by atoms with E-state index in [1.165, 1.54) is 0 Å². The third-order valence-electron chi connectivity index (χ3n) is 2.21. The third-order valence-corrected chi connectivity index (χ3v) is 2.46. The number of benzene rings is 2. The van der Waals surface area contributed by atoms with Crippen LogP contribution in [0.1, 0.15) is 11.1 Å². The SMILES string of the molecule is Oc1cccc(C=Cc2ccc(Cl)cc2)c1. The minimum absolute atomic E-state index is 0.276. The lowest BCUT2D eigenvalue weighted by Gasteiger charge is -1.96. The minimum Gasteiger partial charge on any atom is -0.508 e. The molecule has 0 aromatic heterocycles. The maximum absolute atomic E-state index is 9.30. The van der Waals surface area contributed by atoms with Gasteiger partial charge in [0.15, 0.2) is 0 Å². The zero-order valence-corrected chi connectivity index (χ0v) is 9.35. The second kappa shape index (κ2) is 4.86. The Bertz CT molecular complexity index is 500. The van der Waals surface area contributed by atoms with Gasteiger partial charge in [0.1, 0.15) is 5.75 Å². The Balaban J connectivity index is 2.18. The van der Waals surface area contributed by atoms with E-state index in [1.54, 1.807) is 12.1 Å². The fraction of sp³-hybridized carbons (Fsp3) is 0. The van der Waals surface area contributed by atoms with Gasteiger partial charge in [-0.1, -0.05) is 48.0 Å². The standard InChI is InChI=1S/C14H11ClO/c15-13-8-6-11(7-9-13)4-5-12-2-1-3-14(16)10-12/h1-10,16H. The number of phenols is 1. The molecule has 0 saturated carbocycles. The lowest BCUT2D eigenvalue weighted by Crippen LogP contribution is -1.73. The summed E-state index contributed by atoms with van der Waals surface area (Å²) < 4.78 is 0. The van der Waals surface area contributed by atoms with Crippen molar-refractivity contribution >= 4 is 23.8 Å². The first kappa shape index (κ1) is 10.8. The van der Waals surface area contributed by atoms with E-state index >= 15 is 0 Å². The van der Waals surface area contributed by atoms with Crippen LogP contribution in [0.5, 0.6) is 5.75 Å². The maximum atomic E-state index is 9.30. The van der Waals surface area contributed by atoms with E-state index < -0.39 is 0 Å². The molecule has 0 saturated heterocycles. The van der Waals surface area contributed by atoms with Crippen molar-refractivity contribution in [3.63, 3.8) is 0 Å². The van der Waals surface area contributed by atoms with Crippen LogP contribution in [0.15, 0.2) is 48.5 Å². The molecule has 0 amide bonds. The van der Waals surface area contributed by atoms with Crippen LogP contribution < -0.4 is 0 Å². The highest BCUT2D eigenvalue weighted by Crippen LogP contribution is 2.15. The van der Waals surface area contributed by atoms with Gasteiger partial charge in [-0.05, 0) is 35.4 Å². The van der Waals surface area contributed by atoms with Crippen LogP contribution in [0.4, 0.5) is 0 Å². The van der Waals surface area contributed by atoms with Crippen LogP contribution in [0.2, 0.25) is 5.02 Å². The fourth-order valence-corrected chi connectivity index (χ4v) is 1.52. The van der Waals surface area contributed by atoms with Crippen LogP contribution in [0.25, 0.3) is 12.2 Å². The highest BCUT2D eigenvalue weighted by Gasteiger charge is 1.90. The largest absolute Gasteiger partial charge is 0.508 e. The van der Waals surface area contributed by atoms with Crippen LogP contribution in [0, 0.1) is 0 Å². The van der Waals surface area contributed by atoms with Gasteiger partial charge in [0.2, 0.25) is 0 Å². The van der Waals surface area contributed by atoms with Crippen LogP contribution >= 0.6 is 11.6 Å². The van der Waals surface area contributed by atoms with Crippen molar-refractivity contribution < 1.29 is 5.11 Å². The van der Waals surface area contributed by atoms with Gasteiger partial charge in [0.05, 0.1) is 0 Å². The van der Waals surface area contributed by atoms with Crippen molar-refractivity contribution in [2.75, 3.05) is 0 Å². The molecule has 2 rings (SSSR count). The molecule has 0 atom stereocenters. The summed E-state index contributed by atoms with van der Waals surface area (Å²) in [6.45, 7) is 0. The Morgan fingerprint density at radius 2 is 1.56 bits per heavy atom. The molecule has 2 aromatic carbocycles. The fourth-order valence-electron chi connectivity index (χ4n) is 1.39. The number of aromatic hydroxyl groups is 1. The third kappa shape index (κ3) is 2.88. The molecular weight excluding hydrogens is 220 g/mol. The Morgan fingerprint density at radius 3 is 2.25 bits per heavy atom. The van der Waals surface area contributed by atoms with Crippen molar-refractivity contribution in [2.45, 2.75) is 0 Å². The van der Waals surface area contributed by atoms with Gasteiger partial charge in [0.25, 0.3) is 0 Å². The van der Waals surface area contributed by atoms with Gasteiger partial charge in [0, 0.05) is 5.02 Å². The summed E-state index contributed by atoms with van der Waals surface area (Å²) >= 11 is 5.79. The quantitative estimate of drug-likeness (QED) is 0.766. The second-order valence-corrected chi connectivity index (χ2v) is 3.92. The predicted octanol–water partition coefficient (Wildman–Crippen LogP) is 4.22. The Hall–Kier alpha value is -1.73. The summed E-state index contributed by atoms with van der Waals surface area (Å²) in [5.41, 5.74) is 2.04. The highest BCUT2D eigenvalue weighted by atomic mass is 35.5. The normalized spacial score (nSPS) is 10.8. The van der Waals surface area contributed by atoms with Crippen LogP contribution in [-0.2, 0) is 0 Å². The average molecular weight is 231 g/mol. The van der Waals surface area contributed by atoms with Crippen molar-refractivity contribution in [3.05, 3.63) is 64.7 Å². The molecule has 0 heterocycles. The summed E-state index contributed by atoms with van der Waals surface area (Å²) in [6, 6.07) is 14.7. The molecule has 16 heavy (non-hydrogen) atoms. The molecule has 0 bridgehead atoms. The molecule has 0 fully saturated rings. The summed E-state index contributed by atoms with van der Waals surface area (Å²) in [4.78, 5) is 0. The Morgan fingerprint density at radius 1 is 0.875 bits per heavy atom. The number of hydrogen-bond donors (Lipinski definition) is 1. The van der Waals surface area contributed by atoms with Crippen molar-refractivity contribution in [3.8, 4) is 5.75 Å². The zero-order valence-electron chi connectivity index (χ0n) is 8.60. The zero-order chi connectivity index (χ0) is 11.4. The Labute approximate surface area is 99.6 Å². The first-order valence-corrected chi connectivity index (χ1v) is 5.34. The van der Waals surface area contributed by atoms with Crippen LogP contribution in [-0.4, -0.2) is 5.11 Å². The minimum atomic E-state index is 0.276. The summed E-state index contributed by atoms with van der Waals surface area (Å²) in [6.07, 6.45) is 3.92. The Kier molecular flexibility index (Phi) is 3.28. The van der Waals surface area contributed by atoms with Crippen molar-refractivity contribution in [1.82, 2.24) is 0 Å². The van der Waals surface area contributed by atoms with Gasteiger partial charge in [-0.25, -0.2) is 0 Å². The van der Waals surface area contributed by atoms with Crippen molar-refractivity contribution in [2.24, 2.45) is 0 Å². The molecule has 0 unspecified atom stereocenters. The number of phenolic OH excluding ortho intramolecular Hbond substituents is 1. The van der Waals surface area contributed by atoms with Gasteiger partial charge in [-0.3, -0.25) is 0 Å². The molecule has 2 aromatic rings. The molecule has 0 aliphatic heterocycles. The molecule has 0 spiro atoms. The summed E-state index contributed by atoms with van der Waals surface area (Å²) in [7, 11) is 0. The lowest BCUT2D eigenvalue weighted by atomic mass is 10.1. The molecule has 0 aliphatic carbocycles. The average Bonchev–Trinajstić information content (AvgIpc) is 2.28. The van der Waals surface area contributed by atoms with E-state index in [2.05, 4.69) is 0 Å². The number of halogens is 1. The second-order valence-electron chi connectivity index (χ2n) is 3.48. The molecule has 0 radical (unpaired) electrons. The van der Waals surface area contributed by atoms with E-state index in [1.807, 2.05) is 48.6 Å².